The van der Waals surface area contributed by atoms with Gasteiger partial charge in [-0.3, -0.25) is 4.79 Å². The van der Waals surface area contributed by atoms with Gasteiger partial charge >= 0.3 is 0 Å². The highest BCUT2D eigenvalue weighted by Gasteiger charge is 2.33. The van der Waals surface area contributed by atoms with E-state index in [-0.39, 0.29) is 18.7 Å². The second-order valence-corrected chi connectivity index (χ2v) is 4.32. The molecule has 94 valence electrons. The van der Waals surface area contributed by atoms with Gasteiger partial charge in [0.1, 0.15) is 5.82 Å². The van der Waals surface area contributed by atoms with Crippen molar-refractivity contribution in [3.8, 4) is 0 Å². The molecule has 1 unspecified atom stereocenters. The summed E-state index contributed by atoms with van der Waals surface area (Å²) in [7, 11) is 0. The molecule has 0 bridgehead atoms. The first kappa shape index (κ1) is 12.6. The van der Waals surface area contributed by atoms with E-state index in [4.69, 9.17) is 16.3 Å². The summed E-state index contributed by atoms with van der Waals surface area (Å²) in [5.74, 6) is -0.336. The Morgan fingerprint density at radius 3 is 2.72 bits per heavy atom. The fourth-order valence-corrected chi connectivity index (χ4v) is 1.90. The molecular weight excluding hydrogens is 259 g/mol. The van der Waals surface area contributed by atoms with Crippen LogP contribution in [0.5, 0.6) is 0 Å². The number of imidazole rings is 1. The molecule has 0 amide bonds. The number of aromatic nitrogens is 2. The van der Waals surface area contributed by atoms with Gasteiger partial charge in [-0.05, 0) is 17.7 Å². The molecule has 0 fully saturated rings. The van der Waals surface area contributed by atoms with Crippen molar-refractivity contribution in [2.75, 3.05) is 0 Å². The number of benzene rings is 1. The minimum Gasteiger partial charge on any atom is -0.439 e. The number of carbonyl (C=O) groups is 1. The molecule has 0 spiro atoms. The molecule has 1 aromatic carbocycles. The SMILES string of the molecule is O=COC(Cl)(Cc1ccc(F)cc1)c1cnc[nH]1. The smallest absolute Gasteiger partial charge is 0.295 e. The van der Waals surface area contributed by atoms with Gasteiger partial charge in [0.2, 0.25) is 5.06 Å². The highest BCUT2D eigenvalue weighted by atomic mass is 35.5. The standard InChI is InChI=1S/C12H10ClFN2O2/c13-12(18-8-17,11-6-15-7-16-11)5-9-1-3-10(14)4-2-9/h1-4,6-8H,5H2,(H,15,16). The third-order valence-corrected chi connectivity index (χ3v) is 2.91. The number of alkyl halides is 1. The largest absolute Gasteiger partial charge is 0.439 e. The van der Waals surface area contributed by atoms with Crippen LogP contribution in [0.15, 0.2) is 36.8 Å². The van der Waals surface area contributed by atoms with E-state index in [1.54, 1.807) is 12.1 Å². The second-order valence-electron chi connectivity index (χ2n) is 3.71. The molecule has 0 aliphatic rings. The average molecular weight is 269 g/mol. The van der Waals surface area contributed by atoms with Crippen molar-refractivity contribution in [3.63, 3.8) is 0 Å². The first-order valence-electron chi connectivity index (χ1n) is 5.18. The quantitative estimate of drug-likeness (QED) is 0.669. The number of aromatic amines is 1. The Hall–Kier alpha value is -1.88. The Kier molecular flexibility index (Phi) is 3.62. The molecule has 6 heteroatoms. The molecule has 0 aliphatic carbocycles. The molecule has 1 atom stereocenters. The van der Waals surface area contributed by atoms with Crippen LogP contribution in [-0.2, 0) is 21.0 Å². The fraction of sp³-hybridized carbons (Fsp3) is 0.167. The van der Waals surface area contributed by atoms with Crippen LogP contribution in [-0.4, -0.2) is 16.4 Å². The van der Waals surface area contributed by atoms with Gasteiger partial charge in [-0.2, -0.15) is 0 Å². The summed E-state index contributed by atoms with van der Waals surface area (Å²) in [6, 6.07) is 5.80. The Bertz CT molecular complexity index is 515. The molecule has 1 heterocycles. The van der Waals surface area contributed by atoms with Crippen LogP contribution in [0.3, 0.4) is 0 Å². The molecule has 18 heavy (non-hydrogen) atoms. The number of hydrogen-bond acceptors (Lipinski definition) is 3. The summed E-state index contributed by atoms with van der Waals surface area (Å²) in [6.45, 7) is 0.275. The number of nitrogens with zero attached hydrogens (tertiary/aromatic N) is 1. The Labute approximate surface area is 108 Å². The molecule has 0 radical (unpaired) electrons. The number of halogens is 2. The van der Waals surface area contributed by atoms with Crippen LogP contribution in [0, 0.1) is 5.82 Å². The maximum atomic E-state index is 12.8. The highest BCUT2D eigenvalue weighted by molar-refractivity contribution is 6.23. The van der Waals surface area contributed by atoms with Gasteiger partial charge in [-0.25, -0.2) is 9.37 Å². The molecule has 1 aromatic heterocycles. The first-order chi connectivity index (χ1) is 8.64. The molecule has 1 N–H and O–H groups in total. The molecule has 4 nitrogen and oxygen atoms in total. The Balaban J connectivity index is 2.26. The van der Waals surface area contributed by atoms with Crippen molar-refractivity contribution in [1.29, 1.82) is 0 Å². The maximum absolute atomic E-state index is 12.8. The normalized spacial score (nSPS) is 13.9. The number of rotatable bonds is 5. The lowest BCUT2D eigenvalue weighted by Gasteiger charge is -2.23. The second kappa shape index (κ2) is 5.18. The van der Waals surface area contributed by atoms with Crippen molar-refractivity contribution in [2.45, 2.75) is 11.5 Å². The van der Waals surface area contributed by atoms with Crippen LogP contribution < -0.4 is 0 Å². The summed E-state index contributed by atoms with van der Waals surface area (Å²) in [6.07, 6.45) is 3.11. The van der Waals surface area contributed by atoms with Crippen LogP contribution in [0.25, 0.3) is 0 Å². The van der Waals surface area contributed by atoms with Crippen molar-refractivity contribution in [3.05, 3.63) is 53.9 Å². The summed E-state index contributed by atoms with van der Waals surface area (Å²) >= 11 is 6.26. The van der Waals surface area contributed by atoms with E-state index in [1.165, 1.54) is 24.7 Å². The van der Waals surface area contributed by atoms with Crippen LogP contribution in [0.2, 0.25) is 0 Å². The first-order valence-corrected chi connectivity index (χ1v) is 5.55. The zero-order valence-corrected chi connectivity index (χ0v) is 10.0. The lowest BCUT2D eigenvalue weighted by Crippen LogP contribution is -2.26. The lowest BCUT2D eigenvalue weighted by atomic mass is 10.1. The number of H-pyrrole nitrogens is 1. The number of hydrogen-bond donors (Lipinski definition) is 1. The van der Waals surface area contributed by atoms with Crippen LogP contribution in [0.4, 0.5) is 4.39 Å². The average Bonchev–Trinajstić information content (AvgIpc) is 2.87. The molecule has 2 rings (SSSR count). The zero-order valence-electron chi connectivity index (χ0n) is 9.27. The predicted octanol–water partition coefficient (Wildman–Crippen LogP) is 2.36. The minimum atomic E-state index is -1.37. The van der Waals surface area contributed by atoms with Crippen molar-refractivity contribution < 1.29 is 13.9 Å². The third-order valence-electron chi connectivity index (χ3n) is 2.48. The Morgan fingerprint density at radius 1 is 1.44 bits per heavy atom. The van der Waals surface area contributed by atoms with Gasteiger partial charge in [-0.15, -0.1) is 0 Å². The number of ether oxygens (including phenoxy) is 1. The van der Waals surface area contributed by atoms with Gasteiger partial charge in [0, 0.05) is 6.42 Å². The van der Waals surface area contributed by atoms with Crippen LogP contribution >= 0.6 is 11.6 Å². The molecule has 0 saturated heterocycles. The Morgan fingerprint density at radius 2 is 2.17 bits per heavy atom. The van der Waals surface area contributed by atoms with Crippen molar-refractivity contribution in [1.82, 2.24) is 9.97 Å². The van der Waals surface area contributed by atoms with E-state index in [1.807, 2.05) is 0 Å². The van der Waals surface area contributed by atoms with E-state index >= 15 is 0 Å². The van der Waals surface area contributed by atoms with Gasteiger partial charge < -0.3 is 9.72 Å². The van der Waals surface area contributed by atoms with Crippen molar-refractivity contribution in [2.24, 2.45) is 0 Å². The predicted molar refractivity (Wildman–Crippen MR) is 63.4 cm³/mol. The highest BCUT2D eigenvalue weighted by Crippen LogP contribution is 2.32. The van der Waals surface area contributed by atoms with E-state index in [0.29, 0.717) is 5.69 Å². The topological polar surface area (TPSA) is 55.0 Å². The monoisotopic (exact) mass is 268 g/mol. The van der Waals surface area contributed by atoms with Gasteiger partial charge in [0.05, 0.1) is 18.2 Å². The van der Waals surface area contributed by atoms with E-state index in [0.717, 1.165) is 5.56 Å². The summed E-state index contributed by atoms with van der Waals surface area (Å²) < 4.78 is 17.7. The maximum Gasteiger partial charge on any atom is 0.295 e. The van der Waals surface area contributed by atoms with Crippen molar-refractivity contribution >= 4 is 18.1 Å². The molecule has 0 aliphatic heterocycles. The van der Waals surface area contributed by atoms with E-state index < -0.39 is 5.06 Å². The summed E-state index contributed by atoms with van der Waals surface area (Å²) in [5, 5.41) is -1.37. The van der Waals surface area contributed by atoms with E-state index in [9.17, 15) is 9.18 Å². The summed E-state index contributed by atoms with van der Waals surface area (Å²) in [4.78, 5) is 17.2. The third kappa shape index (κ3) is 2.68. The molecular formula is C12H10ClFN2O2. The minimum absolute atomic E-state index is 0.204. The molecule has 2 aromatic rings. The fourth-order valence-electron chi connectivity index (χ4n) is 1.60. The van der Waals surface area contributed by atoms with Gasteiger partial charge in [0.15, 0.2) is 0 Å². The van der Waals surface area contributed by atoms with Crippen LogP contribution in [0.1, 0.15) is 11.3 Å². The van der Waals surface area contributed by atoms with Gasteiger partial charge in [0.25, 0.3) is 6.47 Å². The lowest BCUT2D eigenvalue weighted by molar-refractivity contribution is -0.137. The van der Waals surface area contributed by atoms with E-state index in [2.05, 4.69) is 9.97 Å². The molecule has 0 saturated carbocycles. The summed E-state index contributed by atoms with van der Waals surface area (Å²) in [5.41, 5.74) is 1.20. The number of nitrogens with one attached hydrogen (secondary N) is 1. The van der Waals surface area contributed by atoms with Gasteiger partial charge in [-0.1, -0.05) is 23.7 Å². The number of carbonyl (C=O) groups excluding carboxylic acids is 1. The zero-order chi connectivity index (χ0) is 13.0.